The van der Waals surface area contributed by atoms with Gasteiger partial charge in [-0.15, -0.1) is 5.10 Å². The number of anilines is 2. The lowest BCUT2D eigenvalue weighted by Gasteiger charge is -2.12. The summed E-state index contributed by atoms with van der Waals surface area (Å²) in [7, 11) is 0.551. The Morgan fingerprint density at radius 3 is 2.22 bits per heavy atom. The van der Waals surface area contributed by atoms with Crippen molar-refractivity contribution in [2.24, 2.45) is 0 Å². The monoisotopic (exact) mass is 544 g/mol. The van der Waals surface area contributed by atoms with Gasteiger partial charge in [0, 0.05) is 21.8 Å². The smallest absolute Gasteiger partial charge is 0.322 e. The van der Waals surface area contributed by atoms with Crippen molar-refractivity contribution in [3.05, 3.63) is 71.2 Å². The summed E-state index contributed by atoms with van der Waals surface area (Å²) in [6, 6.07) is 14.7. The maximum Gasteiger partial charge on any atom is 0.322 e. The van der Waals surface area contributed by atoms with Crippen molar-refractivity contribution >= 4 is 39.2 Å². The van der Waals surface area contributed by atoms with Gasteiger partial charge in [0.05, 0.1) is 26.2 Å². The normalized spacial score (nSPS) is 11.0. The van der Waals surface area contributed by atoms with Crippen molar-refractivity contribution in [3.63, 3.8) is 0 Å². The molecule has 4 rings (SSSR count). The summed E-state index contributed by atoms with van der Waals surface area (Å²) in [5.41, 5.74) is 0.816. The number of carbonyl (C=O) groups is 1. The first-order valence-electron chi connectivity index (χ1n) is 10.6. The molecule has 192 valence electrons. The number of ether oxygens (including phenoxy) is 3. The maximum atomic E-state index is 12.8. The highest BCUT2D eigenvalue weighted by atomic mass is 35.5. The molecule has 0 saturated heterocycles. The molecule has 0 atom stereocenters. The first-order chi connectivity index (χ1) is 17.7. The number of rotatable bonds is 9. The summed E-state index contributed by atoms with van der Waals surface area (Å²) in [4.78, 5) is 12.8. The van der Waals surface area contributed by atoms with Crippen molar-refractivity contribution < 1.29 is 31.8 Å². The molecule has 3 aromatic carbocycles. The zero-order valence-electron chi connectivity index (χ0n) is 19.8. The number of hydrogen-bond acceptors (Lipinski definition) is 9. The van der Waals surface area contributed by atoms with Gasteiger partial charge in [0.15, 0.2) is 11.5 Å². The Morgan fingerprint density at radius 2 is 1.59 bits per heavy atom. The van der Waals surface area contributed by atoms with Crippen LogP contribution in [0.3, 0.4) is 0 Å². The van der Waals surface area contributed by atoms with Crippen molar-refractivity contribution in [2.45, 2.75) is 4.90 Å². The van der Waals surface area contributed by atoms with Gasteiger partial charge in [-0.05, 0) is 54.6 Å². The molecule has 0 bridgehead atoms. The Labute approximate surface area is 217 Å². The van der Waals surface area contributed by atoms with Gasteiger partial charge in [-0.1, -0.05) is 22.8 Å². The SMILES string of the molecule is COc1cc(-c2nnc(NC(=O)c3cccc(NS(=O)(=O)c4ccc(Cl)cc4)c3)o2)cc(OC)c1OC. The van der Waals surface area contributed by atoms with Gasteiger partial charge < -0.3 is 18.6 Å². The van der Waals surface area contributed by atoms with Crippen LogP contribution in [0, 0.1) is 0 Å². The number of benzene rings is 3. The second-order valence-corrected chi connectivity index (χ2v) is 9.54. The lowest BCUT2D eigenvalue weighted by Crippen LogP contribution is -2.15. The van der Waals surface area contributed by atoms with Gasteiger partial charge in [0.25, 0.3) is 15.9 Å². The average molecular weight is 545 g/mol. The van der Waals surface area contributed by atoms with Crippen molar-refractivity contribution in [1.29, 1.82) is 0 Å². The molecule has 1 amide bonds. The minimum absolute atomic E-state index is 0.0249. The van der Waals surface area contributed by atoms with Crippen LogP contribution >= 0.6 is 11.6 Å². The predicted molar refractivity (Wildman–Crippen MR) is 136 cm³/mol. The van der Waals surface area contributed by atoms with E-state index in [1.165, 1.54) is 69.9 Å². The van der Waals surface area contributed by atoms with Crippen molar-refractivity contribution in [3.8, 4) is 28.7 Å². The van der Waals surface area contributed by atoms with Crippen LogP contribution in [0.5, 0.6) is 17.2 Å². The van der Waals surface area contributed by atoms with Crippen LogP contribution in [0.2, 0.25) is 5.02 Å². The molecule has 0 aliphatic carbocycles. The Kier molecular flexibility index (Phi) is 7.50. The number of carbonyl (C=O) groups excluding carboxylic acids is 1. The van der Waals surface area contributed by atoms with Crippen LogP contribution in [0.4, 0.5) is 11.7 Å². The van der Waals surface area contributed by atoms with E-state index >= 15 is 0 Å². The first kappa shape index (κ1) is 25.8. The largest absolute Gasteiger partial charge is 0.493 e. The van der Waals surface area contributed by atoms with Gasteiger partial charge in [-0.3, -0.25) is 14.8 Å². The molecule has 0 spiro atoms. The molecule has 0 fully saturated rings. The zero-order chi connectivity index (χ0) is 26.6. The molecule has 1 heterocycles. The second kappa shape index (κ2) is 10.8. The van der Waals surface area contributed by atoms with E-state index in [4.69, 9.17) is 30.2 Å². The van der Waals surface area contributed by atoms with Crippen LogP contribution in [0.1, 0.15) is 10.4 Å². The highest BCUT2D eigenvalue weighted by Crippen LogP contribution is 2.41. The summed E-state index contributed by atoms with van der Waals surface area (Å²) >= 11 is 5.83. The maximum absolute atomic E-state index is 12.8. The van der Waals surface area contributed by atoms with E-state index < -0.39 is 15.9 Å². The van der Waals surface area contributed by atoms with E-state index in [0.717, 1.165) is 0 Å². The molecule has 0 unspecified atom stereocenters. The summed E-state index contributed by atoms with van der Waals surface area (Å²) in [6.07, 6.45) is 0. The molecular formula is C24H21ClN4O7S. The molecule has 0 radical (unpaired) electrons. The minimum Gasteiger partial charge on any atom is -0.493 e. The number of aromatic nitrogens is 2. The van der Waals surface area contributed by atoms with Crippen LogP contribution in [-0.2, 0) is 10.0 Å². The summed E-state index contributed by atoms with van der Waals surface area (Å²) in [6.45, 7) is 0. The van der Waals surface area contributed by atoms with E-state index in [-0.39, 0.29) is 28.1 Å². The topological polar surface area (TPSA) is 142 Å². The molecular weight excluding hydrogens is 524 g/mol. The molecule has 1 aromatic heterocycles. The zero-order valence-corrected chi connectivity index (χ0v) is 21.4. The Morgan fingerprint density at radius 1 is 0.919 bits per heavy atom. The van der Waals surface area contributed by atoms with E-state index in [0.29, 0.717) is 27.8 Å². The number of nitrogens with one attached hydrogen (secondary N) is 2. The Bertz CT molecular complexity index is 1510. The number of sulfonamides is 1. The molecule has 0 aliphatic heterocycles. The summed E-state index contributed by atoms with van der Waals surface area (Å²) in [5.74, 6) is 0.678. The molecule has 13 heteroatoms. The van der Waals surface area contributed by atoms with Gasteiger partial charge in [-0.2, -0.15) is 0 Å². The van der Waals surface area contributed by atoms with Gasteiger partial charge in [0.2, 0.25) is 11.6 Å². The van der Waals surface area contributed by atoms with Crippen LogP contribution in [0.25, 0.3) is 11.5 Å². The summed E-state index contributed by atoms with van der Waals surface area (Å²) < 4.78 is 49.3. The third-order valence-corrected chi connectivity index (χ3v) is 6.71. The fourth-order valence-electron chi connectivity index (χ4n) is 3.32. The third-order valence-electron chi connectivity index (χ3n) is 5.06. The highest BCUT2D eigenvalue weighted by molar-refractivity contribution is 7.92. The van der Waals surface area contributed by atoms with Crippen molar-refractivity contribution in [1.82, 2.24) is 10.2 Å². The fraction of sp³-hybridized carbons (Fsp3) is 0.125. The van der Waals surface area contributed by atoms with E-state index in [1.807, 2.05) is 0 Å². The lowest BCUT2D eigenvalue weighted by atomic mass is 10.2. The fourth-order valence-corrected chi connectivity index (χ4v) is 4.49. The number of methoxy groups -OCH3 is 3. The van der Waals surface area contributed by atoms with Gasteiger partial charge in [-0.25, -0.2) is 8.42 Å². The minimum atomic E-state index is -3.89. The number of halogens is 1. The lowest BCUT2D eigenvalue weighted by molar-refractivity contribution is 0.102. The molecule has 0 saturated carbocycles. The average Bonchev–Trinajstić information content (AvgIpc) is 3.36. The number of nitrogens with zero attached hydrogens (tertiary/aromatic N) is 2. The van der Waals surface area contributed by atoms with Gasteiger partial charge >= 0.3 is 6.01 Å². The highest BCUT2D eigenvalue weighted by Gasteiger charge is 2.19. The molecule has 11 nitrogen and oxygen atoms in total. The third kappa shape index (κ3) is 5.76. The first-order valence-corrected chi connectivity index (χ1v) is 12.4. The second-order valence-electron chi connectivity index (χ2n) is 7.42. The molecule has 37 heavy (non-hydrogen) atoms. The van der Waals surface area contributed by atoms with Crippen LogP contribution in [0.15, 0.2) is 70.0 Å². The Hall–Kier alpha value is -4.29. The molecule has 2 N–H and O–H groups in total. The van der Waals surface area contributed by atoms with E-state index in [2.05, 4.69) is 20.2 Å². The quantitative estimate of drug-likeness (QED) is 0.312. The van der Waals surface area contributed by atoms with Crippen LogP contribution < -0.4 is 24.2 Å². The number of amides is 1. The Balaban J connectivity index is 1.51. The number of hydrogen-bond donors (Lipinski definition) is 2. The van der Waals surface area contributed by atoms with Crippen LogP contribution in [-0.4, -0.2) is 45.9 Å². The van der Waals surface area contributed by atoms with Crippen molar-refractivity contribution in [2.75, 3.05) is 31.4 Å². The summed E-state index contributed by atoms with van der Waals surface area (Å²) in [5, 5.41) is 10.7. The van der Waals surface area contributed by atoms with Gasteiger partial charge in [0.1, 0.15) is 0 Å². The molecule has 0 aliphatic rings. The standard InChI is InChI=1S/C24H21ClN4O7S/c1-33-19-12-15(13-20(34-2)21(19)35-3)23-27-28-24(36-23)26-22(30)14-5-4-6-17(11-14)29-37(31,32)18-9-7-16(25)8-10-18/h4-13,29H,1-3H3,(H,26,28,30). The molecule has 4 aromatic rings. The predicted octanol–water partition coefficient (Wildman–Crippen LogP) is 4.47. The van der Waals surface area contributed by atoms with E-state index in [9.17, 15) is 13.2 Å². The van der Waals surface area contributed by atoms with E-state index in [1.54, 1.807) is 12.1 Å².